The number of aliphatic carboxylic acids is 1. The Labute approximate surface area is 187 Å². The number of β-lactam (4-membered cyclic amide) rings is 1. The van der Waals surface area contributed by atoms with Crippen LogP contribution in [0.2, 0.25) is 0 Å². The zero-order valence-electron chi connectivity index (χ0n) is 16.3. The molecule has 2 amide bonds. The molecule has 3 heterocycles. The van der Waals surface area contributed by atoms with Crippen LogP contribution < -0.4 is 5.32 Å². The highest BCUT2D eigenvalue weighted by molar-refractivity contribution is 8.00. The quantitative estimate of drug-likeness (QED) is 0.174. The summed E-state index contributed by atoms with van der Waals surface area (Å²) in [6.45, 7) is 0. The molecule has 31 heavy (non-hydrogen) atoms. The van der Waals surface area contributed by atoms with Crippen LogP contribution in [0.3, 0.4) is 0 Å². The zero-order valence-corrected chi connectivity index (χ0v) is 18.8. The number of thioether (sulfide) groups is 2. The second kappa shape index (κ2) is 9.34. The van der Waals surface area contributed by atoms with E-state index in [1.807, 2.05) is 6.07 Å². The monoisotopic (exact) mass is 487 g/mol. The molecule has 2 aliphatic rings. The van der Waals surface area contributed by atoms with Gasteiger partial charge in [0.2, 0.25) is 11.1 Å². The Hall–Kier alpha value is -2.48. The number of hydrogen-bond acceptors (Lipinski definition) is 11. The smallest absolute Gasteiger partial charge is 0.352 e. The molecule has 1 aromatic heterocycles. The lowest BCUT2D eigenvalue weighted by atomic mass is 9.98. The fourth-order valence-electron chi connectivity index (χ4n) is 3.16. The molecule has 1 saturated heterocycles. The van der Waals surface area contributed by atoms with Crippen LogP contribution in [-0.4, -0.2) is 93.4 Å². The van der Waals surface area contributed by atoms with E-state index in [-0.39, 0.29) is 34.3 Å². The first-order valence-corrected chi connectivity index (χ1v) is 12.1. The van der Waals surface area contributed by atoms with Crippen molar-refractivity contribution in [1.29, 1.82) is 5.26 Å². The van der Waals surface area contributed by atoms with Crippen LogP contribution in [0.15, 0.2) is 16.4 Å². The van der Waals surface area contributed by atoms with Crippen molar-refractivity contribution in [2.75, 3.05) is 30.1 Å². The molecule has 1 aromatic rings. The van der Waals surface area contributed by atoms with E-state index in [0.717, 1.165) is 28.4 Å². The number of nitrogens with zero attached hydrogens (tertiary/aromatic N) is 6. The van der Waals surface area contributed by atoms with Gasteiger partial charge in [-0.05, 0) is 16.0 Å². The van der Waals surface area contributed by atoms with Gasteiger partial charge in [-0.3, -0.25) is 18.7 Å². The van der Waals surface area contributed by atoms with Crippen LogP contribution in [0.25, 0.3) is 0 Å². The molecular formula is C15H17N7O6S3. The number of hydrogen-bond donors (Lipinski definition) is 2. The number of ether oxygens (including phenoxy) is 1. The number of fused-ring (bicyclic) bond motifs is 1. The minimum atomic E-state index is -1.93. The van der Waals surface area contributed by atoms with Crippen molar-refractivity contribution in [1.82, 2.24) is 30.4 Å². The number of aryl methyl sites for hydroxylation is 1. The number of rotatable bonds is 9. The minimum Gasteiger partial charge on any atom is -0.477 e. The van der Waals surface area contributed by atoms with Gasteiger partial charge in [-0.1, -0.05) is 11.8 Å². The zero-order chi connectivity index (χ0) is 22.8. The third-order valence-corrected chi connectivity index (χ3v) is 8.04. The lowest BCUT2D eigenvalue weighted by Gasteiger charge is -2.55. The molecule has 0 radical (unpaired) electrons. The molecular weight excluding hydrogens is 470 g/mol. The summed E-state index contributed by atoms with van der Waals surface area (Å²) < 4.78 is 19.6. The molecule has 0 aromatic carbocycles. The standard InChI is InChI=1S/C15H17N7O6S3/c1-21-14(18-19-20-21)30-5-8-7-31(27)13-15(28-2,17-9(23)6-29-4-3-16)12(26)22(13)10(8)11(24)25/h13H,4-7H2,1-2H3,(H,17,23)(H,24,25)/t13-,15+,31?/m1/s1. The van der Waals surface area contributed by atoms with Crippen LogP contribution in [0, 0.1) is 11.3 Å². The van der Waals surface area contributed by atoms with Gasteiger partial charge in [-0.15, -0.1) is 16.9 Å². The van der Waals surface area contributed by atoms with E-state index in [4.69, 9.17) is 10.00 Å². The molecule has 0 aliphatic carbocycles. The van der Waals surface area contributed by atoms with Crippen LogP contribution in [0.5, 0.6) is 0 Å². The van der Waals surface area contributed by atoms with E-state index in [9.17, 15) is 23.7 Å². The fourth-order valence-corrected chi connectivity index (χ4v) is 6.41. The van der Waals surface area contributed by atoms with Gasteiger partial charge in [0, 0.05) is 19.9 Å². The molecule has 3 atom stereocenters. The number of carboxylic acid groups (broad SMARTS) is 1. The molecule has 166 valence electrons. The number of aromatic nitrogens is 4. The summed E-state index contributed by atoms with van der Waals surface area (Å²) in [5, 5.41) is 31.0. The predicted octanol–water partition coefficient (Wildman–Crippen LogP) is -1.71. The van der Waals surface area contributed by atoms with Crippen molar-refractivity contribution in [2.45, 2.75) is 16.3 Å². The maximum Gasteiger partial charge on any atom is 0.352 e. The van der Waals surface area contributed by atoms with Gasteiger partial charge in [0.05, 0.1) is 34.1 Å². The van der Waals surface area contributed by atoms with Crippen LogP contribution in [-0.2, 0) is 37.0 Å². The topological polar surface area (TPSA) is 180 Å². The normalized spacial score (nSPS) is 24.9. The molecule has 0 bridgehead atoms. The number of methoxy groups -OCH3 is 1. The summed E-state index contributed by atoms with van der Waals surface area (Å²) in [4.78, 5) is 38.0. The summed E-state index contributed by atoms with van der Waals surface area (Å²) in [6, 6.07) is 1.88. The van der Waals surface area contributed by atoms with Crippen LogP contribution in [0.4, 0.5) is 0 Å². The maximum absolute atomic E-state index is 13.0. The van der Waals surface area contributed by atoms with Gasteiger partial charge in [-0.2, -0.15) is 5.26 Å². The number of tetrazole rings is 1. The van der Waals surface area contributed by atoms with Crippen molar-refractivity contribution in [2.24, 2.45) is 7.05 Å². The van der Waals surface area contributed by atoms with Crippen molar-refractivity contribution in [3.63, 3.8) is 0 Å². The van der Waals surface area contributed by atoms with Gasteiger partial charge >= 0.3 is 5.97 Å². The Kier molecular flexibility index (Phi) is 6.99. The summed E-state index contributed by atoms with van der Waals surface area (Å²) in [5.41, 5.74) is -1.94. The Morgan fingerprint density at radius 1 is 1.52 bits per heavy atom. The molecule has 2 N–H and O–H groups in total. The first kappa shape index (κ1) is 23.2. The lowest BCUT2D eigenvalue weighted by Crippen LogP contribution is -2.83. The van der Waals surface area contributed by atoms with Crippen molar-refractivity contribution in [3.8, 4) is 6.07 Å². The third kappa shape index (κ3) is 4.18. The average Bonchev–Trinajstić information content (AvgIpc) is 3.14. The van der Waals surface area contributed by atoms with Gasteiger partial charge in [-0.25, -0.2) is 9.48 Å². The minimum absolute atomic E-state index is 0.0802. The Morgan fingerprint density at radius 2 is 2.26 bits per heavy atom. The first-order valence-electron chi connectivity index (χ1n) is 8.59. The van der Waals surface area contributed by atoms with E-state index in [1.54, 1.807) is 7.05 Å². The van der Waals surface area contributed by atoms with E-state index >= 15 is 0 Å². The highest BCUT2D eigenvalue weighted by Crippen LogP contribution is 2.42. The van der Waals surface area contributed by atoms with Crippen molar-refractivity contribution >= 4 is 52.1 Å². The number of nitrogens with one attached hydrogen (secondary N) is 1. The number of carboxylic acids is 1. The summed E-state index contributed by atoms with van der Waals surface area (Å²) >= 11 is 2.18. The first-order chi connectivity index (χ1) is 14.8. The van der Waals surface area contributed by atoms with E-state index in [1.165, 1.54) is 11.8 Å². The average molecular weight is 488 g/mol. The van der Waals surface area contributed by atoms with Gasteiger partial charge in [0.25, 0.3) is 11.6 Å². The number of nitriles is 1. The van der Waals surface area contributed by atoms with Gasteiger partial charge < -0.3 is 15.2 Å². The molecule has 16 heteroatoms. The predicted molar refractivity (Wildman–Crippen MR) is 109 cm³/mol. The highest BCUT2D eigenvalue weighted by Gasteiger charge is 2.69. The van der Waals surface area contributed by atoms with Crippen molar-refractivity contribution < 1.29 is 28.4 Å². The molecule has 0 spiro atoms. The molecule has 1 unspecified atom stereocenters. The second-order valence-corrected chi connectivity index (χ2v) is 9.75. The van der Waals surface area contributed by atoms with Crippen LogP contribution >= 0.6 is 23.5 Å². The fraction of sp³-hybridized carbons (Fsp3) is 0.533. The van der Waals surface area contributed by atoms with Crippen molar-refractivity contribution in [3.05, 3.63) is 11.3 Å². The Bertz CT molecular complexity index is 1020. The largest absolute Gasteiger partial charge is 0.477 e. The number of amides is 2. The molecule has 2 aliphatic heterocycles. The summed E-state index contributed by atoms with van der Waals surface area (Å²) in [6.07, 6.45) is 0. The molecule has 13 nitrogen and oxygen atoms in total. The van der Waals surface area contributed by atoms with E-state index in [0.29, 0.717) is 5.16 Å². The second-order valence-electron chi connectivity index (χ2n) is 6.32. The summed E-state index contributed by atoms with van der Waals surface area (Å²) in [5.74, 6) is -2.83. The van der Waals surface area contributed by atoms with Gasteiger partial charge in [0.1, 0.15) is 5.70 Å². The molecule has 3 rings (SSSR count). The van der Waals surface area contributed by atoms with Crippen LogP contribution in [0.1, 0.15) is 0 Å². The highest BCUT2D eigenvalue weighted by atomic mass is 32.2. The SMILES string of the molecule is CO[C@@]1(NC(=O)CSCC#N)C(=O)N2C(C(=O)O)=C(CSc3nnnn3C)CS(=O)[C@@H]21. The number of carbonyl (C=O) groups excluding carboxylic acids is 2. The maximum atomic E-state index is 13.0. The third-order valence-electron chi connectivity index (χ3n) is 4.47. The van der Waals surface area contributed by atoms with Gasteiger partial charge in [0.15, 0.2) is 5.37 Å². The Morgan fingerprint density at radius 3 is 2.84 bits per heavy atom. The number of carbonyl (C=O) groups is 3. The molecule has 0 saturated carbocycles. The lowest BCUT2D eigenvalue weighted by molar-refractivity contribution is -0.192. The Balaban J connectivity index is 1.85. The summed E-state index contributed by atoms with van der Waals surface area (Å²) in [7, 11) is 1.04. The molecule has 1 fully saturated rings. The van der Waals surface area contributed by atoms with E-state index < -0.39 is 39.7 Å². The van der Waals surface area contributed by atoms with E-state index in [2.05, 4.69) is 20.8 Å².